The van der Waals surface area contributed by atoms with E-state index >= 15 is 0 Å². The van der Waals surface area contributed by atoms with Gasteiger partial charge in [0.1, 0.15) is 19.6 Å². The Labute approximate surface area is 74.4 Å². The second-order valence-electron chi connectivity index (χ2n) is 4.12. The number of hydrogen-bond acceptors (Lipinski definition) is 1. The molecule has 2 rings (SSSR count). The molecule has 0 amide bonds. The molecular formula is C10H18NO+. The Morgan fingerprint density at radius 2 is 2.00 bits per heavy atom. The summed E-state index contributed by atoms with van der Waals surface area (Å²) in [6, 6.07) is 0. The molecule has 2 nitrogen and oxygen atoms in total. The van der Waals surface area contributed by atoms with E-state index in [1.807, 2.05) is 0 Å². The average Bonchev–Trinajstić information content (AvgIpc) is 2.05. The van der Waals surface area contributed by atoms with Crippen molar-refractivity contribution in [1.29, 1.82) is 0 Å². The van der Waals surface area contributed by atoms with E-state index in [-0.39, 0.29) is 0 Å². The molecule has 0 atom stereocenters. The highest BCUT2D eigenvalue weighted by Crippen LogP contribution is 2.20. The monoisotopic (exact) mass is 168 g/mol. The van der Waals surface area contributed by atoms with Gasteiger partial charge in [0, 0.05) is 6.42 Å². The zero-order valence-corrected chi connectivity index (χ0v) is 7.88. The van der Waals surface area contributed by atoms with Gasteiger partial charge in [-0.05, 0) is 12.5 Å². The Kier molecular flexibility index (Phi) is 2.20. The van der Waals surface area contributed by atoms with E-state index in [0.717, 1.165) is 13.2 Å². The van der Waals surface area contributed by atoms with Crippen LogP contribution < -0.4 is 0 Å². The first-order valence-corrected chi connectivity index (χ1v) is 4.89. The summed E-state index contributed by atoms with van der Waals surface area (Å²) in [4.78, 5) is 0. The number of ether oxygens (including phenoxy) is 1. The SMILES string of the molecule is CC1=CCC[N+]2(CCOCC2)C1. The van der Waals surface area contributed by atoms with Crippen molar-refractivity contribution in [2.45, 2.75) is 13.3 Å². The molecule has 2 aliphatic rings. The Morgan fingerprint density at radius 3 is 2.67 bits per heavy atom. The van der Waals surface area contributed by atoms with Crippen molar-refractivity contribution in [3.63, 3.8) is 0 Å². The molecule has 0 aromatic heterocycles. The van der Waals surface area contributed by atoms with Gasteiger partial charge in [-0.3, -0.25) is 0 Å². The van der Waals surface area contributed by atoms with Crippen molar-refractivity contribution in [2.24, 2.45) is 0 Å². The lowest BCUT2D eigenvalue weighted by atomic mass is 10.1. The lowest BCUT2D eigenvalue weighted by Gasteiger charge is -2.43. The van der Waals surface area contributed by atoms with E-state index in [0.29, 0.717) is 0 Å². The highest BCUT2D eigenvalue weighted by atomic mass is 16.5. The molecular weight excluding hydrogens is 150 g/mol. The standard InChI is InChI=1S/C10H18NO/c1-10-3-2-4-11(9-10)5-7-12-8-6-11/h3H,2,4-9H2,1H3/q+1. The lowest BCUT2D eigenvalue weighted by molar-refractivity contribution is -0.932. The van der Waals surface area contributed by atoms with E-state index in [1.165, 1.54) is 37.1 Å². The Hall–Kier alpha value is -0.340. The Balaban J connectivity index is 2.05. The molecule has 0 N–H and O–H groups in total. The maximum Gasteiger partial charge on any atom is 0.103 e. The van der Waals surface area contributed by atoms with Gasteiger partial charge < -0.3 is 9.22 Å². The van der Waals surface area contributed by atoms with Crippen LogP contribution >= 0.6 is 0 Å². The van der Waals surface area contributed by atoms with Crippen molar-refractivity contribution < 1.29 is 9.22 Å². The van der Waals surface area contributed by atoms with Crippen LogP contribution in [0.5, 0.6) is 0 Å². The van der Waals surface area contributed by atoms with Crippen molar-refractivity contribution in [3.05, 3.63) is 11.6 Å². The third-order valence-corrected chi connectivity index (χ3v) is 3.10. The van der Waals surface area contributed by atoms with Gasteiger partial charge in [-0.1, -0.05) is 6.08 Å². The first kappa shape index (κ1) is 8.27. The minimum atomic E-state index is 0.966. The fourth-order valence-corrected chi connectivity index (χ4v) is 2.37. The molecule has 0 saturated carbocycles. The second-order valence-corrected chi connectivity index (χ2v) is 4.12. The van der Waals surface area contributed by atoms with Crippen molar-refractivity contribution in [2.75, 3.05) is 39.4 Å². The van der Waals surface area contributed by atoms with Gasteiger partial charge in [-0.25, -0.2) is 0 Å². The lowest BCUT2D eigenvalue weighted by Crippen LogP contribution is -2.57. The van der Waals surface area contributed by atoms with Crippen molar-refractivity contribution in [3.8, 4) is 0 Å². The quantitative estimate of drug-likeness (QED) is 0.390. The molecule has 1 spiro atoms. The summed E-state index contributed by atoms with van der Waals surface area (Å²) in [5.74, 6) is 0. The topological polar surface area (TPSA) is 9.23 Å². The average molecular weight is 168 g/mol. The number of hydrogen-bond donors (Lipinski definition) is 0. The summed E-state index contributed by atoms with van der Waals surface area (Å²) in [5, 5.41) is 0. The minimum absolute atomic E-state index is 0.966. The molecule has 1 saturated heterocycles. The maximum atomic E-state index is 5.40. The van der Waals surface area contributed by atoms with Crippen LogP contribution in [0.2, 0.25) is 0 Å². The number of quaternary nitrogens is 1. The van der Waals surface area contributed by atoms with E-state index in [4.69, 9.17) is 4.74 Å². The van der Waals surface area contributed by atoms with Gasteiger partial charge in [-0.15, -0.1) is 0 Å². The van der Waals surface area contributed by atoms with E-state index in [9.17, 15) is 0 Å². The van der Waals surface area contributed by atoms with Crippen molar-refractivity contribution >= 4 is 0 Å². The summed E-state index contributed by atoms with van der Waals surface area (Å²) >= 11 is 0. The zero-order chi connectivity index (χ0) is 8.44. The van der Waals surface area contributed by atoms with Crippen LogP contribution in [0, 0.1) is 0 Å². The molecule has 12 heavy (non-hydrogen) atoms. The number of morpholine rings is 1. The highest BCUT2D eigenvalue weighted by Gasteiger charge is 2.31. The molecule has 1 fully saturated rings. The van der Waals surface area contributed by atoms with Gasteiger partial charge in [0.2, 0.25) is 0 Å². The summed E-state index contributed by atoms with van der Waals surface area (Å²) < 4.78 is 6.69. The van der Waals surface area contributed by atoms with E-state index in [1.54, 1.807) is 5.57 Å². The van der Waals surface area contributed by atoms with Gasteiger partial charge in [-0.2, -0.15) is 0 Å². The molecule has 2 heteroatoms. The third kappa shape index (κ3) is 1.54. The first-order valence-electron chi connectivity index (χ1n) is 4.89. The fourth-order valence-electron chi connectivity index (χ4n) is 2.37. The van der Waals surface area contributed by atoms with Gasteiger partial charge in [0.05, 0.1) is 19.8 Å². The van der Waals surface area contributed by atoms with Crippen LogP contribution in [0.3, 0.4) is 0 Å². The molecule has 68 valence electrons. The molecule has 0 aromatic carbocycles. The van der Waals surface area contributed by atoms with Crippen LogP contribution in [0.15, 0.2) is 11.6 Å². The Morgan fingerprint density at radius 1 is 1.25 bits per heavy atom. The van der Waals surface area contributed by atoms with Crippen LogP contribution in [-0.2, 0) is 4.74 Å². The van der Waals surface area contributed by atoms with Gasteiger partial charge >= 0.3 is 0 Å². The normalized spacial score (nSPS) is 28.6. The highest BCUT2D eigenvalue weighted by molar-refractivity contribution is 5.00. The Bertz CT molecular complexity index is 192. The first-order chi connectivity index (χ1) is 5.81. The summed E-state index contributed by atoms with van der Waals surface area (Å²) in [6.45, 7) is 9.25. The zero-order valence-electron chi connectivity index (χ0n) is 7.88. The molecule has 0 bridgehead atoms. The molecule has 0 radical (unpaired) electrons. The predicted molar refractivity (Wildman–Crippen MR) is 48.9 cm³/mol. The fraction of sp³-hybridized carbons (Fsp3) is 0.800. The van der Waals surface area contributed by atoms with Crippen molar-refractivity contribution in [1.82, 2.24) is 0 Å². The molecule has 2 aliphatic heterocycles. The largest absolute Gasteiger partial charge is 0.370 e. The summed E-state index contributed by atoms with van der Waals surface area (Å²) in [7, 11) is 0. The molecule has 0 aromatic rings. The molecule has 0 aliphatic carbocycles. The maximum absolute atomic E-state index is 5.40. The second kappa shape index (κ2) is 3.19. The van der Waals surface area contributed by atoms with Crippen LogP contribution in [0.4, 0.5) is 0 Å². The van der Waals surface area contributed by atoms with Crippen LogP contribution in [0.25, 0.3) is 0 Å². The molecule has 2 heterocycles. The van der Waals surface area contributed by atoms with Gasteiger partial charge in [0.25, 0.3) is 0 Å². The van der Waals surface area contributed by atoms with Crippen LogP contribution in [0.1, 0.15) is 13.3 Å². The minimum Gasteiger partial charge on any atom is -0.370 e. The summed E-state index contributed by atoms with van der Waals surface area (Å²) in [5.41, 5.74) is 1.57. The predicted octanol–water partition coefficient (Wildman–Crippen LogP) is 1.18. The smallest absolute Gasteiger partial charge is 0.103 e. The van der Waals surface area contributed by atoms with Gasteiger partial charge in [0.15, 0.2) is 0 Å². The molecule has 0 unspecified atom stereocenters. The van der Waals surface area contributed by atoms with E-state index < -0.39 is 0 Å². The summed E-state index contributed by atoms with van der Waals surface area (Å²) in [6.07, 6.45) is 3.66. The van der Waals surface area contributed by atoms with Crippen LogP contribution in [-0.4, -0.2) is 43.9 Å². The number of rotatable bonds is 0. The third-order valence-electron chi connectivity index (χ3n) is 3.10. The number of nitrogens with zero attached hydrogens (tertiary/aromatic N) is 1. The van der Waals surface area contributed by atoms with E-state index in [2.05, 4.69) is 13.0 Å².